The molecule has 2 aromatic rings. The number of amidine groups is 1. The summed E-state index contributed by atoms with van der Waals surface area (Å²) in [4.78, 5) is 0. The van der Waals surface area contributed by atoms with Gasteiger partial charge in [-0.3, -0.25) is 0 Å². The number of nitrogens with zero attached hydrogens (tertiary/aromatic N) is 1. The molecule has 0 radical (unpaired) electrons. The molecule has 0 saturated heterocycles. The monoisotopic (exact) mass is 338 g/mol. The second kappa shape index (κ2) is 6.38. The van der Waals surface area contributed by atoms with Crippen molar-refractivity contribution >= 4 is 21.8 Å². The third-order valence-electron chi connectivity index (χ3n) is 2.59. The second-order valence-electron chi connectivity index (χ2n) is 4.05. The maximum absolute atomic E-state index is 13.5. The highest BCUT2D eigenvalue weighted by atomic mass is 79.9. The molecule has 0 bridgehead atoms. The summed E-state index contributed by atoms with van der Waals surface area (Å²) >= 11 is 3.36. The molecule has 2 aromatic carbocycles. The maximum atomic E-state index is 13.5. The summed E-state index contributed by atoms with van der Waals surface area (Å²) in [7, 11) is 0. The van der Waals surface area contributed by atoms with E-state index in [0.717, 1.165) is 4.47 Å². The first kappa shape index (κ1) is 14.3. The van der Waals surface area contributed by atoms with Crippen molar-refractivity contribution in [2.75, 3.05) is 0 Å². The largest absolute Gasteiger partial charge is 0.488 e. The normalized spacial score (nSPS) is 11.4. The number of halogens is 2. The molecule has 0 unspecified atom stereocenters. The molecule has 0 spiro atoms. The van der Waals surface area contributed by atoms with Crippen molar-refractivity contribution in [2.45, 2.75) is 6.61 Å². The van der Waals surface area contributed by atoms with Crippen LogP contribution in [0.15, 0.2) is 52.1 Å². The van der Waals surface area contributed by atoms with Crippen LogP contribution < -0.4 is 10.5 Å². The summed E-state index contributed by atoms with van der Waals surface area (Å²) in [6, 6.07) is 11.5. The molecular weight excluding hydrogens is 327 g/mol. The summed E-state index contributed by atoms with van der Waals surface area (Å²) < 4.78 is 19.9. The molecule has 0 aliphatic rings. The van der Waals surface area contributed by atoms with Gasteiger partial charge < -0.3 is 15.7 Å². The van der Waals surface area contributed by atoms with Gasteiger partial charge in [0.05, 0.1) is 4.47 Å². The van der Waals surface area contributed by atoms with E-state index < -0.39 is 5.82 Å². The third kappa shape index (κ3) is 3.48. The molecular formula is C14H12BrFN2O2. The van der Waals surface area contributed by atoms with Crippen LogP contribution in [0.1, 0.15) is 11.1 Å². The molecule has 0 aliphatic heterocycles. The van der Waals surface area contributed by atoms with Crippen molar-refractivity contribution in [2.24, 2.45) is 10.9 Å². The quantitative estimate of drug-likeness (QED) is 0.389. The Morgan fingerprint density at radius 1 is 1.30 bits per heavy atom. The number of oxime groups is 1. The molecule has 3 N–H and O–H groups in total. The first-order chi connectivity index (χ1) is 9.60. The molecule has 0 aliphatic carbocycles. The van der Waals surface area contributed by atoms with E-state index in [2.05, 4.69) is 21.1 Å². The highest BCUT2D eigenvalue weighted by molar-refractivity contribution is 9.10. The van der Waals surface area contributed by atoms with E-state index in [1.54, 1.807) is 12.1 Å². The van der Waals surface area contributed by atoms with E-state index in [0.29, 0.717) is 16.9 Å². The van der Waals surface area contributed by atoms with Gasteiger partial charge in [-0.25, -0.2) is 4.39 Å². The Labute approximate surface area is 123 Å². The first-order valence-electron chi connectivity index (χ1n) is 5.75. The van der Waals surface area contributed by atoms with Crippen molar-refractivity contribution < 1.29 is 14.3 Å². The molecule has 0 amide bonds. The van der Waals surface area contributed by atoms with E-state index in [-0.39, 0.29) is 12.4 Å². The van der Waals surface area contributed by atoms with Gasteiger partial charge in [0.15, 0.2) is 5.84 Å². The highest BCUT2D eigenvalue weighted by Gasteiger charge is 2.06. The zero-order valence-corrected chi connectivity index (χ0v) is 12.0. The lowest BCUT2D eigenvalue weighted by atomic mass is 10.1. The van der Waals surface area contributed by atoms with Gasteiger partial charge in [0.2, 0.25) is 0 Å². The van der Waals surface area contributed by atoms with Crippen LogP contribution in [-0.2, 0) is 6.61 Å². The predicted molar refractivity (Wildman–Crippen MR) is 77.4 cm³/mol. The van der Waals surface area contributed by atoms with E-state index in [9.17, 15) is 4.39 Å². The summed E-state index contributed by atoms with van der Waals surface area (Å²) in [6.45, 7) is 0.173. The fraction of sp³-hybridized carbons (Fsp3) is 0.0714. The Morgan fingerprint density at radius 2 is 2.05 bits per heavy atom. The lowest BCUT2D eigenvalue weighted by Crippen LogP contribution is -2.14. The van der Waals surface area contributed by atoms with Crippen LogP contribution in [0, 0.1) is 5.82 Å². The third-order valence-corrected chi connectivity index (χ3v) is 3.25. The van der Waals surface area contributed by atoms with Gasteiger partial charge in [-0.05, 0) is 51.8 Å². The van der Waals surface area contributed by atoms with Gasteiger partial charge in [-0.2, -0.15) is 0 Å². The fourth-order valence-electron chi connectivity index (χ4n) is 1.66. The van der Waals surface area contributed by atoms with Gasteiger partial charge in [-0.15, -0.1) is 0 Å². The lowest BCUT2D eigenvalue weighted by molar-refractivity contribution is 0.303. The second-order valence-corrected chi connectivity index (χ2v) is 4.91. The standard InChI is InChI=1S/C14H12BrFN2O2/c15-12-3-1-2-4-13(12)20-8-9-5-10(14(17)18-19)7-11(16)6-9/h1-7,19H,8H2,(H2,17,18). The summed E-state index contributed by atoms with van der Waals surface area (Å²) in [6.07, 6.45) is 0. The van der Waals surface area contributed by atoms with Gasteiger partial charge in [-0.1, -0.05) is 17.3 Å². The maximum Gasteiger partial charge on any atom is 0.170 e. The van der Waals surface area contributed by atoms with Crippen LogP contribution in [0.5, 0.6) is 5.75 Å². The Bertz CT molecular complexity index is 647. The number of hydrogen-bond donors (Lipinski definition) is 2. The Balaban J connectivity index is 2.18. The Hall–Kier alpha value is -2.08. The molecule has 0 heterocycles. The Kier molecular flexibility index (Phi) is 4.57. The van der Waals surface area contributed by atoms with E-state index >= 15 is 0 Å². The van der Waals surface area contributed by atoms with E-state index in [4.69, 9.17) is 15.7 Å². The minimum atomic E-state index is -0.472. The van der Waals surface area contributed by atoms with E-state index in [1.807, 2.05) is 18.2 Å². The topological polar surface area (TPSA) is 67.8 Å². The van der Waals surface area contributed by atoms with Gasteiger partial charge >= 0.3 is 0 Å². The van der Waals surface area contributed by atoms with Crippen LogP contribution in [0.3, 0.4) is 0 Å². The van der Waals surface area contributed by atoms with Crippen LogP contribution in [0.2, 0.25) is 0 Å². The zero-order chi connectivity index (χ0) is 14.5. The SMILES string of the molecule is N/C(=N/O)c1cc(F)cc(COc2ccccc2Br)c1. The number of benzene rings is 2. The highest BCUT2D eigenvalue weighted by Crippen LogP contribution is 2.24. The summed E-state index contributed by atoms with van der Waals surface area (Å²) in [5, 5.41) is 11.5. The minimum absolute atomic E-state index is 0.147. The number of ether oxygens (including phenoxy) is 1. The van der Waals surface area contributed by atoms with Crippen LogP contribution >= 0.6 is 15.9 Å². The van der Waals surface area contributed by atoms with Gasteiger partial charge in [0, 0.05) is 5.56 Å². The fourth-order valence-corrected chi connectivity index (χ4v) is 2.06. The van der Waals surface area contributed by atoms with Crippen LogP contribution in [0.25, 0.3) is 0 Å². The lowest BCUT2D eigenvalue weighted by Gasteiger charge is -2.09. The Morgan fingerprint density at radius 3 is 2.75 bits per heavy atom. The molecule has 0 fully saturated rings. The molecule has 4 nitrogen and oxygen atoms in total. The predicted octanol–water partition coefficient (Wildman–Crippen LogP) is 3.26. The van der Waals surface area contributed by atoms with Crippen molar-refractivity contribution in [3.63, 3.8) is 0 Å². The molecule has 6 heteroatoms. The van der Waals surface area contributed by atoms with Gasteiger partial charge in [0.25, 0.3) is 0 Å². The van der Waals surface area contributed by atoms with Crippen LogP contribution in [-0.4, -0.2) is 11.0 Å². The number of nitrogens with two attached hydrogens (primary N) is 1. The van der Waals surface area contributed by atoms with Gasteiger partial charge in [0.1, 0.15) is 18.2 Å². The molecule has 0 atom stereocenters. The zero-order valence-electron chi connectivity index (χ0n) is 10.4. The number of para-hydroxylation sites is 1. The average molecular weight is 339 g/mol. The van der Waals surface area contributed by atoms with Crippen molar-refractivity contribution in [1.82, 2.24) is 0 Å². The number of hydrogen-bond acceptors (Lipinski definition) is 3. The molecule has 2 rings (SSSR count). The van der Waals surface area contributed by atoms with Crippen molar-refractivity contribution in [1.29, 1.82) is 0 Å². The minimum Gasteiger partial charge on any atom is -0.488 e. The number of rotatable bonds is 4. The average Bonchev–Trinajstić information content (AvgIpc) is 2.45. The van der Waals surface area contributed by atoms with Crippen molar-refractivity contribution in [3.05, 3.63) is 63.9 Å². The molecule has 104 valence electrons. The first-order valence-corrected chi connectivity index (χ1v) is 6.54. The molecule has 0 saturated carbocycles. The summed E-state index contributed by atoms with van der Waals surface area (Å²) in [5.74, 6) is 0.0357. The smallest absolute Gasteiger partial charge is 0.170 e. The van der Waals surface area contributed by atoms with Crippen molar-refractivity contribution in [3.8, 4) is 5.75 Å². The molecule has 20 heavy (non-hydrogen) atoms. The summed E-state index contributed by atoms with van der Waals surface area (Å²) in [5.41, 5.74) is 6.34. The molecule has 0 aromatic heterocycles. The van der Waals surface area contributed by atoms with E-state index in [1.165, 1.54) is 12.1 Å². The van der Waals surface area contributed by atoms with Crippen LogP contribution in [0.4, 0.5) is 4.39 Å².